The smallest absolute Gasteiger partial charge is 0.195 e. The lowest BCUT2D eigenvalue weighted by Gasteiger charge is -2.22. The molecule has 0 amide bonds. The maximum Gasteiger partial charge on any atom is 0.195 e. The topological polar surface area (TPSA) is 59.2 Å². The van der Waals surface area contributed by atoms with Crippen LogP contribution in [0.2, 0.25) is 0 Å². The van der Waals surface area contributed by atoms with Crippen LogP contribution in [0.25, 0.3) is 4.96 Å². The van der Waals surface area contributed by atoms with Gasteiger partial charge in [0.25, 0.3) is 0 Å². The molecule has 0 aliphatic carbocycles. The van der Waals surface area contributed by atoms with Gasteiger partial charge < -0.3 is 19.5 Å². The van der Waals surface area contributed by atoms with Crippen molar-refractivity contribution >= 4 is 22.1 Å². The number of aliphatic hydroxyl groups excluding tert-OH is 1. The fourth-order valence-electron chi connectivity index (χ4n) is 1.95. The van der Waals surface area contributed by atoms with Crippen molar-refractivity contribution in [2.75, 3.05) is 45.4 Å². The third-order valence-electron chi connectivity index (χ3n) is 2.92. The second kappa shape index (κ2) is 6.85. The van der Waals surface area contributed by atoms with E-state index in [0.717, 1.165) is 29.6 Å². The Labute approximate surface area is 116 Å². The van der Waals surface area contributed by atoms with Crippen molar-refractivity contribution in [3.63, 3.8) is 0 Å². The van der Waals surface area contributed by atoms with Gasteiger partial charge in [-0.3, -0.25) is 4.40 Å². The molecular formula is C12H19N3O3S. The average Bonchev–Trinajstić information content (AvgIpc) is 2.99. The molecule has 0 aliphatic heterocycles. The van der Waals surface area contributed by atoms with Crippen molar-refractivity contribution < 1.29 is 14.6 Å². The number of nitrogens with zero attached hydrogens (tertiary/aromatic N) is 3. The van der Waals surface area contributed by atoms with Crippen LogP contribution in [0.15, 0.2) is 11.6 Å². The Hall–Kier alpha value is -1.15. The Kier molecular flexibility index (Phi) is 5.15. The predicted octanol–water partition coefficient (Wildman–Crippen LogP) is 0.987. The monoisotopic (exact) mass is 285 g/mol. The van der Waals surface area contributed by atoms with Gasteiger partial charge in [0.1, 0.15) is 0 Å². The highest BCUT2D eigenvalue weighted by Gasteiger charge is 2.18. The zero-order chi connectivity index (χ0) is 13.7. The Balaban J connectivity index is 2.27. The minimum Gasteiger partial charge on any atom is -0.390 e. The quantitative estimate of drug-likeness (QED) is 0.784. The predicted molar refractivity (Wildman–Crippen MR) is 75.0 cm³/mol. The highest BCUT2D eigenvalue weighted by molar-refractivity contribution is 7.15. The van der Waals surface area contributed by atoms with E-state index in [1.165, 1.54) is 0 Å². The average molecular weight is 285 g/mol. The molecule has 0 fully saturated rings. The molecular weight excluding hydrogens is 266 g/mol. The van der Waals surface area contributed by atoms with Crippen LogP contribution >= 0.6 is 11.3 Å². The first-order valence-corrected chi connectivity index (χ1v) is 6.98. The number of hydrogen-bond acceptors (Lipinski definition) is 6. The molecule has 2 heterocycles. The lowest BCUT2D eigenvalue weighted by Crippen LogP contribution is -2.31. The molecule has 0 bridgehead atoms. The van der Waals surface area contributed by atoms with Crippen LogP contribution in [0, 0.1) is 0 Å². The number of methoxy groups -OCH3 is 2. The number of hydrogen-bond donors (Lipinski definition) is 1. The summed E-state index contributed by atoms with van der Waals surface area (Å²) >= 11 is 1.55. The van der Waals surface area contributed by atoms with Gasteiger partial charge in [-0.1, -0.05) is 0 Å². The van der Waals surface area contributed by atoms with Crippen molar-refractivity contribution in [2.24, 2.45) is 0 Å². The zero-order valence-corrected chi connectivity index (χ0v) is 12.0. The highest BCUT2D eigenvalue weighted by atomic mass is 32.1. The standard InChI is InChI=1S/C12H19N3O3S/c1-17-6-3-14(4-7-18-2)11-10(9-16)15-5-8-19-12(15)13-11/h5,8,16H,3-4,6-7,9H2,1-2H3. The number of ether oxygens (including phenoxy) is 2. The van der Waals surface area contributed by atoms with Crippen molar-refractivity contribution in [3.05, 3.63) is 17.3 Å². The number of anilines is 1. The summed E-state index contributed by atoms with van der Waals surface area (Å²) in [5.74, 6) is 0.809. The van der Waals surface area contributed by atoms with Gasteiger partial charge in [-0.25, -0.2) is 4.98 Å². The summed E-state index contributed by atoms with van der Waals surface area (Å²) in [6, 6.07) is 0. The van der Waals surface area contributed by atoms with E-state index in [4.69, 9.17) is 9.47 Å². The van der Waals surface area contributed by atoms with Gasteiger partial charge in [0.15, 0.2) is 10.8 Å². The maximum atomic E-state index is 9.58. The fraction of sp³-hybridized carbons (Fsp3) is 0.583. The van der Waals surface area contributed by atoms with Gasteiger partial charge >= 0.3 is 0 Å². The molecule has 2 rings (SSSR count). The lowest BCUT2D eigenvalue weighted by molar-refractivity contribution is 0.189. The van der Waals surface area contributed by atoms with Gasteiger partial charge in [-0.05, 0) is 0 Å². The van der Waals surface area contributed by atoms with E-state index in [-0.39, 0.29) is 6.61 Å². The van der Waals surface area contributed by atoms with Crippen LogP contribution in [0.5, 0.6) is 0 Å². The van der Waals surface area contributed by atoms with Crippen LogP contribution in [0.3, 0.4) is 0 Å². The van der Waals surface area contributed by atoms with Crippen LogP contribution in [-0.2, 0) is 16.1 Å². The second-order valence-corrected chi connectivity index (χ2v) is 4.94. The minimum atomic E-state index is -0.0380. The van der Waals surface area contributed by atoms with E-state index in [2.05, 4.69) is 9.88 Å². The molecule has 1 N–H and O–H groups in total. The molecule has 0 atom stereocenters. The molecule has 0 unspecified atom stereocenters. The summed E-state index contributed by atoms with van der Waals surface area (Å²) in [7, 11) is 3.35. The molecule has 0 saturated carbocycles. The number of thiazole rings is 1. The molecule has 0 saturated heterocycles. The van der Waals surface area contributed by atoms with Gasteiger partial charge in [0, 0.05) is 38.9 Å². The minimum absolute atomic E-state index is 0.0380. The SMILES string of the molecule is COCCN(CCOC)c1nc2sccn2c1CO. The highest BCUT2D eigenvalue weighted by Crippen LogP contribution is 2.24. The van der Waals surface area contributed by atoms with Crippen LogP contribution in [0.1, 0.15) is 5.69 Å². The van der Waals surface area contributed by atoms with Crippen LogP contribution in [0.4, 0.5) is 5.82 Å². The third-order valence-corrected chi connectivity index (χ3v) is 3.68. The number of fused-ring (bicyclic) bond motifs is 1. The zero-order valence-electron chi connectivity index (χ0n) is 11.2. The van der Waals surface area contributed by atoms with Gasteiger partial charge in [-0.15, -0.1) is 11.3 Å². The molecule has 6 nitrogen and oxygen atoms in total. The van der Waals surface area contributed by atoms with Crippen molar-refractivity contribution in [1.29, 1.82) is 0 Å². The van der Waals surface area contributed by atoms with Gasteiger partial charge in [0.2, 0.25) is 0 Å². The van der Waals surface area contributed by atoms with Crippen LogP contribution in [-0.4, -0.2) is 55.0 Å². The Bertz CT molecular complexity index is 503. The molecule has 0 aromatic carbocycles. The molecule has 106 valence electrons. The van der Waals surface area contributed by atoms with Crippen molar-refractivity contribution in [2.45, 2.75) is 6.61 Å². The van der Waals surface area contributed by atoms with Crippen molar-refractivity contribution in [3.8, 4) is 0 Å². The largest absolute Gasteiger partial charge is 0.390 e. The molecule has 2 aromatic rings. The summed E-state index contributed by atoms with van der Waals surface area (Å²) in [5.41, 5.74) is 0.809. The number of aliphatic hydroxyl groups is 1. The molecule has 0 aliphatic rings. The van der Waals surface area contributed by atoms with Gasteiger partial charge in [0.05, 0.1) is 25.5 Å². The summed E-state index contributed by atoms with van der Waals surface area (Å²) in [5, 5.41) is 11.5. The first-order chi connectivity index (χ1) is 9.31. The Morgan fingerprint density at radius 2 is 2.00 bits per heavy atom. The molecule has 2 aromatic heterocycles. The lowest BCUT2D eigenvalue weighted by atomic mass is 10.3. The third kappa shape index (κ3) is 3.06. The Morgan fingerprint density at radius 3 is 2.58 bits per heavy atom. The van der Waals surface area contributed by atoms with E-state index in [1.54, 1.807) is 25.6 Å². The van der Waals surface area contributed by atoms with Crippen LogP contribution < -0.4 is 4.90 Å². The molecule has 19 heavy (non-hydrogen) atoms. The summed E-state index contributed by atoms with van der Waals surface area (Å²) in [6.45, 7) is 2.62. The summed E-state index contributed by atoms with van der Waals surface area (Å²) < 4.78 is 12.2. The molecule has 7 heteroatoms. The van der Waals surface area contributed by atoms with E-state index in [9.17, 15) is 5.11 Å². The number of rotatable bonds is 8. The maximum absolute atomic E-state index is 9.58. The molecule has 0 radical (unpaired) electrons. The van der Waals surface area contributed by atoms with E-state index in [0.29, 0.717) is 13.2 Å². The first kappa shape index (κ1) is 14.3. The first-order valence-electron chi connectivity index (χ1n) is 6.10. The number of imidazole rings is 1. The van der Waals surface area contributed by atoms with E-state index < -0.39 is 0 Å². The normalized spacial score (nSPS) is 11.3. The molecule has 0 spiro atoms. The van der Waals surface area contributed by atoms with E-state index in [1.807, 2.05) is 16.0 Å². The number of aromatic nitrogens is 2. The summed E-state index contributed by atoms with van der Waals surface area (Å²) in [6.07, 6.45) is 1.92. The van der Waals surface area contributed by atoms with E-state index >= 15 is 0 Å². The van der Waals surface area contributed by atoms with Gasteiger partial charge in [-0.2, -0.15) is 0 Å². The Morgan fingerprint density at radius 1 is 1.32 bits per heavy atom. The fourth-order valence-corrected chi connectivity index (χ4v) is 2.68. The second-order valence-electron chi connectivity index (χ2n) is 4.07. The summed E-state index contributed by atoms with van der Waals surface area (Å²) in [4.78, 5) is 7.56. The van der Waals surface area contributed by atoms with Crippen molar-refractivity contribution in [1.82, 2.24) is 9.38 Å².